The average Bonchev–Trinajstić information content (AvgIpc) is 3.45. The highest BCUT2D eigenvalue weighted by molar-refractivity contribution is 7.47. The van der Waals surface area contributed by atoms with Gasteiger partial charge in [0.15, 0.2) is 12.2 Å². The highest BCUT2D eigenvalue weighted by Gasteiger charge is 2.30. The number of aliphatic hydroxyl groups is 1. The predicted molar refractivity (Wildman–Crippen MR) is 326 cm³/mol. The first-order valence-electron chi connectivity index (χ1n) is 33.2. The molecule has 6 atom stereocenters. The summed E-state index contributed by atoms with van der Waals surface area (Å²) in [4.78, 5) is 72.1. The van der Waals surface area contributed by atoms with Gasteiger partial charge in [-0.25, -0.2) is 9.13 Å². The molecule has 3 unspecified atom stereocenters. The predicted octanol–water partition coefficient (Wildman–Crippen LogP) is 17.4. The van der Waals surface area contributed by atoms with Gasteiger partial charge in [0.1, 0.15) is 19.3 Å². The molecule has 17 nitrogen and oxygen atoms in total. The lowest BCUT2D eigenvalue weighted by Crippen LogP contribution is -2.30. The van der Waals surface area contributed by atoms with Crippen LogP contribution >= 0.6 is 15.6 Å². The molecule has 0 fully saturated rings. The summed E-state index contributed by atoms with van der Waals surface area (Å²) in [5, 5.41) is 10.5. The van der Waals surface area contributed by atoms with E-state index in [-0.39, 0.29) is 25.7 Å². The summed E-state index contributed by atoms with van der Waals surface area (Å²) in [5.74, 6) is -1.33. The number of hydrogen-bond donors (Lipinski definition) is 3. The van der Waals surface area contributed by atoms with Crippen LogP contribution in [0.25, 0.3) is 0 Å². The lowest BCUT2D eigenvalue weighted by Gasteiger charge is -2.21. The van der Waals surface area contributed by atoms with Gasteiger partial charge in [-0.2, -0.15) is 0 Å². The Morgan fingerprint density at radius 3 is 0.866 bits per heavy atom. The Labute approximate surface area is 498 Å². The Hall–Kier alpha value is -1.94. The smallest absolute Gasteiger partial charge is 0.462 e. The molecular formula is C63H122O17P2. The van der Waals surface area contributed by atoms with Gasteiger partial charge in [0.25, 0.3) is 0 Å². The topological polar surface area (TPSA) is 237 Å². The zero-order chi connectivity index (χ0) is 60.6. The third kappa shape index (κ3) is 55.9. The van der Waals surface area contributed by atoms with Crippen molar-refractivity contribution in [2.45, 2.75) is 335 Å². The normalized spacial score (nSPS) is 14.6. The van der Waals surface area contributed by atoms with Crippen LogP contribution in [0.3, 0.4) is 0 Å². The van der Waals surface area contributed by atoms with Crippen LogP contribution in [0.4, 0.5) is 0 Å². The number of aliphatic hydroxyl groups excluding tert-OH is 1. The summed E-state index contributed by atoms with van der Waals surface area (Å²) in [6.07, 6.45) is 40.2. The SMILES string of the molecule is CCCCCCCCCCCCC(=O)OC[C@H](COP(=O)(O)OC[C@@H](O)COP(=O)(O)OC[C@@H](COC(=O)CCCCCCCCCCC)OC(=O)CCCCCCCCCCC)OC(=O)CCCCCCCCCCCCC(C)CC. The van der Waals surface area contributed by atoms with Gasteiger partial charge in [-0.3, -0.25) is 37.3 Å². The number of carbonyl (C=O) groups excluding carboxylic acids is 4. The second-order valence-corrected chi connectivity index (χ2v) is 25.9. The zero-order valence-electron chi connectivity index (χ0n) is 52.6. The summed E-state index contributed by atoms with van der Waals surface area (Å²) in [6.45, 7) is 7.17. The van der Waals surface area contributed by atoms with Crippen molar-refractivity contribution in [1.82, 2.24) is 0 Å². The molecule has 0 aliphatic rings. The maximum Gasteiger partial charge on any atom is 0.472 e. The van der Waals surface area contributed by atoms with Crippen LogP contribution < -0.4 is 0 Å². The lowest BCUT2D eigenvalue weighted by atomic mass is 9.99. The summed E-state index contributed by atoms with van der Waals surface area (Å²) < 4.78 is 67.9. The third-order valence-electron chi connectivity index (χ3n) is 14.9. The number of phosphoric ester groups is 2. The maximum atomic E-state index is 13.0. The van der Waals surface area contributed by atoms with Crippen LogP contribution in [-0.4, -0.2) is 96.7 Å². The van der Waals surface area contributed by atoms with Crippen LogP contribution in [0.15, 0.2) is 0 Å². The number of hydrogen-bond acceptors (Lipinski definition) is 15. The van der Waals surface area contributed by atoms with E-state index in [9.17, 15) is 43.2 Å². The van der Waals surface area contributed by atoms with Gasteiger partial charge in [0.2, 0.25) is 0 Å². The van der Waals surface area contributed by atoms with E-state index in [1.807, 2.05) is 0 Å². The summed E-state index contributed by atoms with van der Waals surface area (Å²) >= 11 is 0. The first kappa shape index (κ1) is 80.1. The van der Waals surface area contributed by atoms with Gasteiger partial charge >= 0.3 is 39.5 Å². The molecule has 0 saturated carbocycles. The van der Waals surface area contributed by atoms with Crippen molar-refractivity contribution in [3.63, 3.8) is 0 Å². The monoisotopic (exact) mass is 1210 g/mol. The first-order valence-corrected chi connectivity index (χ1v) is 36.2. The lowest BCUT2D eigenvalue weighted by molar-refractivity contribution is -0.161. The number of carbonyl (C=O) groups is 4. The van der Waals surface area contributed by atoms with E-state index in [2.05, 4.69) is 34.6 Å². The van der Waals surface area contributed by atoms with Gasteiger partial charge in [-0.05, 0) is 31.6 Å². The molecule has 0 aliphatic heterocycles. The molecule has 0 heterocycles. The minimum atomic E-state index is -4.94. The number of rotatable bonds is 63. The molecule has 0 aromatic carbocycles. The second kappa shape index (κ2) is 56.8. The number of ether oxygens (including phenoxy) is 4. The minimum absolute atomic E-state index is 0.106. The van der Waals surface area contributed by atoms with E-state index in [0.717, 1.165) is 95.8 Å². The Morgan fingerprint density at radius 2 is 0.585 bits per heavy atom. The number of esters is 4. The van der Waals surface area contributed by atoms with Crippen molar-refractivity contribution < 1.29 is 80.2 Å². The van der Waals surface area contributed by atoms with Crippen LogP contribution in [0.5, 0.6) is 0 Å². The van der Waals surface area contributed by atoms with Crippen molar-refractivity contribution >= 4 is 39.5 Å². The quantitative estimate of drug-likeness (QED) is 0.0222. The van der Waals surface area contributed by atoms with Crippen molar-refractivity contribution in [1.29, 1.82) is 0 Å². The van der Waals surface area contributed by atoms with Crippen LogP contribution in [0.1, 0.15) is 317 Å². The van der Waals surface area contributed by atoms with E-state index in [0.29, 0.717) is 25.7 Å². The maximum absolute atomic E-state index is 13.0. The molecule has 0 aromatic heterocycles. The molecule has 0 saturated heterocycles. The molecule has 3 N–H and O–H groups in total. The molecular weight excluding hydrogens is 1090 g/mol. The van der Waals surface area contributed by atoms with Crippen molar-refractivity contribution in [2.24, 2.45) is 5.92 Å². The summed E-state index contributed by atoms with van der Waals surface area (Å²) in [7, 11) is -9.88. The molecule has 0 aliphatic carbocycles. The molecule has 19 heteroatoms. The van der Waals surface area contributed by atoms with E-state index >= 15 is 0 Å². The molecule has 0 bridgehead atoms. The molecule has 486 valence electrons. The minimum Gasteiger partial charge on any atom is -0.462 e. The summed E-state index contributed by atoms with van der Waals surface area (Å²) in [6, 6.07) is 0. The molecule has 0 amide bonds. The van der Waals surface area contributed by atoms with Crippen LogP contribution in [0.2, 0.25) is 0 Å². The highest BCUT2D eigenvalue weighted by atomic mass is 31.2. The molecule has 0 radical (unpaired) electrons. The van der Waals surface area contributed by atoms with E-state index < -0.39 is 97.5 Å². The fraction of sp³-hybridized carbons (Fsp3) is 0.937. The van der Waals surface area contributed by atoms with Crippen molar-refractivity contribution in [2.75, 3.05) is 39.6 Å². The summed E-state index contributed by atoms with van der Waals surface area (Å²) in [5.41, 5.74) is 0. The molecule has 0 rings (SSSR count). The van der Waals surface area contributed by atoms with Gasteiger partial charge in [0.05, 0.1) is 26.4 Å². The average molecular weight is 1210 g/mol. The highest BCUT2D eigenvalue weighted by Crippen LogP contribution is 2.45. The van der Waals surface area contributed by atoms with Gasteiger partial charge in [0, 0.05) is 25.7 Å². The van der Waals surface area contributed by atoms with E-state index in [1.54, 1.807) is 0 Å². The van der Waals surface area contributed by atoms with Crippen LogP contribution in [-0.2, 0) is 65.4 Å². The van der Waals surface area contributed by atoms with Crippen molar-refractivity contribution in [3.8, 4) is 0 Å². The molecule has 0 aromatic rings. The van der Waals surface area contributed by atoms with Gasteiger partial charge in [-0.15, -0.1) is 0 Å². The Bertz CT molecular complexity index is 1600. The Balaban J connectivity index is 5.22. The largest absolute Gasteiger partial charge is 0.472 e. The fourth-order valence-corrected chi connectivity index (χ4v) is 11.0. The van der Waals surface area contributed by atoms with Gasteiger partial charge in [-0.1, -0.05) is 266 Å². The molecule has 82 heavy (non-hydrogen) atoms. The Kier molecular flexibility index (Phi) is 55.5. The van der Waals surface area contributed by atoms with E-state index in [4.69, 9.17) is 37.0 Å². The number of phosphoric acid groups is 2. The zero-order valence-corrected chi connectivity index (χ0v) is 54.4. The standard InChI is InChI=1S/C63H122O17P2/c1-6-10-13-16-19-22-28-32-37-42-47-61(66)74-53-59(80-63(68)49-44-39-34-29-24-23-27-30-35-40-45-56(5)9-4)55-78-82(71,72)76-51-57(64)50-75-81(69,70)77-54-58(79-62(67)48-43-38-33-26-21-18-15-12-8-3)52-73-60(65)46-41-36-31-25-20-17-14-11-7-2/h56-59,64H,6-55H2,1-5H3,(H,69,70)(H,71,72)/t56?,57-,58+,59+/m0/s1. The number of unbranched alkanes of at least 4 members (excludes halogenated alkanes) is 34. The first-order chi connectivity index (χ1) is 39.6. The van der Waals surface area contributed by atoms with Crippen molar-refractivity contribution in [3.05, 3.63) is 0 Å². The van der Waals surface area contributed by atoms with E-state index in [1.165, 1.54) is 141 Å². The van der Waals surface area contributed by atoms with Gasteiger partial charge < -0.3 is 33.8 Å². The fourth-order valence-electron chi connectivity index (χ4n) is 9.37. The molecule has 0 spiro atoms. The van der Waals surface area contributed by atoms with Crippen LogP contribution in [0, 0.1) is 5.92 Å². The second-order valence-electron chi connectivity index (χ2n) is 23.0. The third-order valence-corrected chi connectivity index (χ3v) is 16.8. The Morgan fingerprint density at radius 1 is 0.341 bits per heavy atom.